The van der Waals surface area contributed by atoms with Gasteiger partial charge in [-0.05, 0) is 5.56 Å². The van der Waals surface area contributed by atoms with Gasteiger partial charge in [0, 0.05) is 20.0 Å². The maximum Gasteiger partial charge on any atom is 0.160 e. The van der Waals surface area contributed by atoms with E-state index in [-0.39, 0.29) is 18.5 Å². The van der Waals surface area contributed by atoms with E-state index >= 15 is 0 Å². The maximum atomic E-state index is 9.68. The zero-order valence-corrected chi connectivity index (χ0v) is 10.6. The number of aliphatic hydroxyl groups excluding tert-OH is 1. The van der Waals surface area contributed by atoms with Gasteiger partial charge in [0.1, 0.15) is 0 Å². The predicted octanol–water partition coefficient (Wildman–Crippen LogP) is 1.72. The van der Waals surface area contributed by atoms with E-state index in [1.54, 1.807) is 7.11 Å². The van der Waals surface area contributed by atoms with Crippen molar-refractivity contribution < 1.29 is 19.3 Å². The molecule has 0 amide bonds. The van der Waals surface area contributed by atoms with Crippen LogP contribution in [0, 0.1) is 0 Å². The number of ether oxygens (including phenoxy) is 3. The number of rotatable bonds is 5. The minimum Gasteiger partial charge on any atom is -0.393 e. The zero-order chi connectivity index (χ0) is 12.8. The fourth-order valence-corrected chi connectivity index (χ4v) is 2.09. The summed E-state index contributed by atoms with van der Waals surface area (Å²) in [6.07, 6.45) is 0.357. The Bertz CT molecular complexity index is 341. The molecule has 1 aromatic rings. The molecule has 100 valence electrons. The Balaban J connectivity index is 1.73. The summed E-state index contributed by atoms with van der Waals surface area (Å²) >= 11 is 0. The van der Waals surface area contributed by atoms with E-state index in [1.807, 2.05) is 30.3 Å². The van der Waals surface area contributed by atoms with Gasteiger partial charge >= 0.3 is 0 Å². The average molecular weight is 252 g/mol. The molecule has 1 aliphatic heterocycles. The van der Waals surface area contributed by atoms with E-state index in [9.17, 15) is 5.11 Å². The molecule has 0 saturated carbocycles. The van der Waals surface area contributed by atoms with E-state index in [4.69, 9.17) is 14.2 Å². The van der Waals surface area contributed by atoms with Crippen LogP contribution in [0.2, 0.25) is 0 Å². The lowest BCUT2D eigenvalue weighted by Crippen LogP contribution is -2.38. The van der Waals surface area contributed by atoms with E-state index in [2.05, 4.69) is 0 Å². The Morgan fingerprint density at radius 1 is 1.28 bits per heavy atom. The molecule has 1 aliphatic rings. The Kier molecular flexibility index (Phi) is 5.13. The highest BCUT2D eigenvalue weighted by atomic mass is 16.7. The van der Waals surface area contributed by atoms with Crippen molar-refractivity contribution in [1.29, 1.82) is 0 Å². The van der Waals surface area contributed by atoms with Gasteiger partial charge in [0.25, 0.3) is 0 Å². The first-order valence-corrected chi connectivity index (χ1v) is 6.26. The van der Waals surface area contributed by atoms with Crippen LogP contribution in [0.25, 0.3) is 0 Å². The first-order chi connectivity index (χ1) is 8.78. The van der Waals surface area contributed by atoms with Crippen molar-refractivity contribution in [2.24, 2.45) is 0 Å². The first-order valence-electron chi connectivity index (χ1n) is 6.26. The molecule has 0 spiro atoms. The molecule has 1 aromatic carbocycles. The molecular weight excluding hydrogens is 232 g/mol. The summed E-state index contributed by atoms with van der Waals surface area (Å²) in [6, 6.07) is 10.00. The molecule has 0 bridgehead atoms. The number of aliphatic hydroxyl groups is 1. The van der Waals surface area contributed by atoms with Crippen molar-refractivity contribution in [2.75, 3.05) is 13.7 Å². The largest absolute Gasteiger partial charge is 0.393 e. The summed E-state index contributed by atoms with van der Waals surface area (Å²) in [5.74, 6) is 0. The molecule has 1 saturated heterocycles. The van der Waals surface area contributed by atoms with E-state index in [0.29, 0.717) is 26.1 Å². The number of methoxy groups -OCH3 is 1. The topological polar surface area (TPSA) is 47.9 Å². The fourth-order valence-electron chi connectivity index (χ4n) is 2.09. The summed E-state index contributed by atoms with van der Waals surface area (Å²) in [4.78, 5) is 0. The van der Waals surface area contributed by atoms with Crippen molar-refractivity contribution in [1.82, 2.24) is 0 Å². The number of benzene rings is 1. The van der Waals surface area contributed by atoms with Gasteiger partial charge in [-0.3, -0.25) is 0 Å². The van der Waals surface area contributed by atoms with Crippen LogP contribution in [0.4, 0.5) is 0 Å². The number of hydrogen-bond acceptors (Lipinski definition) is 4. The molecular formula is C14H20O4. The molecule has 1 fully saturated rings. The predicted molar refractivity (Wildman–Crippen MR) is 67.0 cm³/mol. The van der Waals surface area contributed by atoms with Crippen molar-refractivity contribution in [3.05, 3.63) is 35.9 Å². The Labute approximate surface area is 107 Å². The third kappa shape index (κ3) is 4.07. The Morgan fingerprint density at radius 2 is 2.06 bits per heavy atom. The van der Waals surface area contributed by atoms with Gasteiger partial charge in [-0.2, -0.15) is 0 Å². The summed E-state index contributed by atoms with van der Waals surface area (Å²) in [5, 5.41) is 9.68. The van der Waals surface area contributed by atoms with Crippen LogP contribution in [0.15, 0.2) is 30.3 Å². The zero-order valence-electron chi connectivity index (χ0n) is 10.6. The summed E-state index contributed by atoms with van der Waals surface area (Å²) < 4.78 is 16.4. The van der Waals surface area contributed by atoms with Crippen molar-refractivity contribution in [3.8, 4) is 0 Å². The van der Waals surface area contributed by atoms with Crippen LogP contribution in [-0.2, 0) is 20.8 Å². The quantitative estimate of drug-likeness (QED) is 0.866. The molecule has 0 unspecified atom stereocenters. The summed E-state index contributed by atoms with van der Waals surface area (Å²) in [7, 11) is 1.59. The molecule has 3 atom stereocenters. The first kappa shape index (κ1) is 13.5. The normalized spacial score (nSPS) is 28.2. The maximum absolute atomic E-state index is 9.68. The molecule has 0 aromatic heterocycles. The standard InChI is InChI=1S/C14H20O4/c1-16-14-8-12(15)7-13(18-14)10-17-9-11-5-3-2-4-6-11/h2-6,12-15H,7-10H2,1H3/t12-,13-,14-/m0/s1. The molecule has 1 heterocycles. The highest BCUT2D eigenvalue weighted by Gasteiger charge is 2.28. The van der Waals surface area contributed by atoms with Crippen LogP contribution in [0.5, 0.6) is 0 Å². The lowest BCUT2D eigenvalue weighted by molar-refractivity contribution is -0.214. The molecule has 4 nitrogen and oxygen atoms in total. The number of hydrogen-bond donors (Lipinski definition) is 1. The smallest absolute Gasteiger partial charge is 0.160 e. The van der Waals surface area contributed by atoms with Crippen LogP contribution in [0.3, 0.4) is 0 Å². The molecule has 1 N–H and O–H groups in total. The molecule has 4 heteroatoms. The minimum atomic E-state index is -0.367. The summed E-state index contributed by atoms with van der Waals surface area (Å²) in [6.45, 7) is 1.04. The van der Waals surface area contributed by atoms with Gasteiger partial charge in [0.05, 0.1) is 25.4 Å². The third-order valence-corrected chi connectivity index (χ3v) is 3.02. The monoisotopic (exact) mass is 252 g/mol. The second-order valence-corrected chi connectivity index (χ2v) is 4.55. The van der Waals surface area contributed by atoms with Crippen LogP contribution < -0.4 is 0 Å². The van der Waals surface area contributed by atoms with Crippen molar-refractivity contribution in [2.45, 2.75) is 37.9 Å². The third-order valence-electron chi connectivity index (χ3n) is 3.02. The average Bonchev–Trinajstić information content (AvgIpc) is 2.39. The summed E-state index contributed by atoms with van der Waals surface area (Å²) in [5.41, 5.74) is 1.14. The second-order valence-electron chi connectivity index (χ2n) is 4.55. The lowest BCUT2D eigenvalue weighted by atomic mass is 10.1. The van der Waals surface area contributed by atoms with Crippen LogP contribution >= 0.6 is 0 Å². The SMILES string of the molecule is CO[C@@H]1C[C@@H](O)C[C@@H](COCc2ccccc2)O1. The molecule has 2 rings (SSSR count). The van der Waals surface area contributed by atoms with Crippen LogP contribution in [0.1, 0.15) is 18.4 Å². The minimum absolute atomic E-state index is 0.0950. The van der Waals surface area contributed by atoms with E-state index in [0.717, 1.165) is 5.56 Å². The van der Waals surface area contributed by atoms with Crippen LogP contribution in [-0.4, -0.2) is 37.3 Å². The highest BCUT2D eigenvalue weighted by molar-refractivity contribution is 5.13. The van der Waals surface area contributed by atoms with Gasteiger partial charge in [-0.25, -0.2) is 0 Å². The van der Waals surface area contributed by atoms with Gasteiger partial charge < -0.3 is 19.3 Å². The van der Waals surface area contributed by atoms with Gasteiger partial charge in [-0.1, -0.05) is 30.3 Å². The van der Waals surface area contributed by atoms with Gasteiger partial charge in [-0.15, -0.1) is 0 Å². The highest BCUT2D eigenvalue weighted by Crippen LogP contribution is 2.20. The fraction of sp³-hybridized carbons (Fsp3) is 0.571. The second kappa shape index (κ2) is 6.85. The van der Waals surface area contributed by atoms with Crippen molar-refractivity contribution in [3.63, 3.8) is 0 Å². The molecule has 18 heavy (non-hydrogen) atoms. The molecule has 0 aliphatic carbocycles. The van der Waals surface area contributed by atoms with E-state index in [1.165, 1.54) is 0 Å². The van der Waals surface area contributed by atoms with Gasteiger partial charge in [0.15, 0.2) is 6.29 Å². The Hall–Kier alpha value is -0.940. The van der Waals surface area contributed by atoms with E-state index < -0.39 is 0 Å². The molecule has 0 radical (unpaired) electrons. The lowest BCUT2D eigenvalue weighted by Gasteiger charge is -2.32. The Morgan fingerprint density at radius 3 is 2.78 bits per heavy atom. The van der Waals surface area contributed by atoms with Gasteiger partial charge in [0.2, 0.25) is 0 Å². The van der Waals surface area contributed by atoms with Crippen molar-refractivity contribution >= 4 is 0 Å².